The van der Waals surface area contributed by atoms with Crippen molar-refractivity contribution in [2.24, 2.45) is 0 Å². The summed E-state index contributed by atoms with van der Waals surface area (Å²) in [6.07, 6.45) is 1.20. The Kier molecular flexibility index (Phi) is 3.99. The maximum Gasteiger partial charge on any atom is 0.331 e. The van der Waals surface area contributed by atoms with Crippen molar-refractivity contribution in [3.63, 3.8) is 0 Å². The van der Waals surface area contributed by atoms with Crippen LogP contribution in [0.15, 0.2) is 18.2 Å². The Bertz CT molecular complexity index is 375. The van der Waals surface area contributed by atoms with E-state index in [9.17, 15) is 13.6 Å². The van der Waals surface area contributed by atoms with Gasteiger partial charge in [0.1, 0.15) is 5.75 Å². The molecular formula is C12H14F2O2. The van der Waals surface area contributed by atoms with E-state index in [1.807, 2.05) is 6.92 Å². The van der Waals surface area contributed by atoms with Gasteiger partial charge < -0.3 is 4.74 Å². The number of alkyl halides is 2. The number of rotatable bonds is 5. The molecule has 0 saturated carbocycles. The van der Waals surface area contributed by atoms with Gasteiger partial charge in [-0.3, -0.25) is 4.79 Å². The van der Waals surface area contributed by atoms with Crippen LogP contribution in [0.2, 0.25) is 0 Å². The topological polar surface area (TPSA) is 26.3 Å². The second-order valence-corrected chi connectivity index (χ2v) is 3.53. The maximum atomic E-state index is 13.3. The second-order valence-electron chi connectivity index (χ2n) is 3.53. The molecule has 0 aromatic heterocycles. The fourth-order valence-electron chi connectivity index (χ4n) is 1.52. The highest BCUT2D eigenvalue weighted by Gasteiger charge is 2.34. The minimum atomic E-state index is -3.49. The van der Waals surface area contributed by atoms with E-state index in [4.69, 9.17) is 4.74 Å². The number of carbonyl (C=O) groups is 1. The summed E-state index contributed by atoms with van der Waals surface area (Å²) in [5.74, 6) is -3.45. The molecule has 0 bridgehead atoms. The number of aldehydes is 1. The number of benzene rings is 1. The number of ether oxygens (including phenoxy) is 1. The molecule has 4 heteroatoms. The molecule has 16 heavy (non-hydrogen) atoms. The van der Waals surface area contributed by atoms with Crippen molar-refractivity contribution >= 4 is 6.29 Å². The summed E-state index contributed by atoms with van der Waals surface area (Å²) in [4.78, 5) is 10.4. The van der Waals surface area contributed by atoms with Crippen molar-refractivity contribution in [1.29, 1.82) is 0 Å². The van der Waals surface area contributed by atoms with Crippen LogP contribution in [-0.4, -0.2) is 13.4 Å². The zero-order valence-electron chi connectivity index (χ0n) is 9.30. The molecule has 0 unspecified atom stereocenters. The molecule has 0 aliphatic rings. The molecular weight excluding hydrogens is 214 g/mol. The van der Waals surface area contributed by atoms with E-state index in [1.54, 1.807) is 6.07 Å². The molecule has 0 amide bonds. The van der Waals surface area contributed by atoms with E-state index in [-0.39, 0.29) is 17.6 Å². The predicted octanol–water partition coefficient (Wildman–Crippen LogP) is 2.94. The van der Waals surface area contributed by atoms with Gasteiger partial charge in [0.15, 0.2) is 6.29 Å². The number of hydrogen-bond donors (Lipinski definition) is 0. The lowest BCUT2D eigenvalue weighted by Crippen LogP contribution is -2.16. The van der Waals surface area contributed by atoms with Gasteiger partial charge in [0.2, 0.25) is 0 Å². The summed E-state index contributed by atoms with van der Waals surface area (Å²) in [7, 11) is 1.30. The Morgan fingerprint density at radius 2 is 2.12 bits per heavy atom. The third-order valence-corrected chi connectivity index (χ3v) is 2.31. The third-order valence-electron chi connectivity index (χ3n) is 2.31. The molecule has 1 rings (SSSR count). The molecule has 1 aromatic rings. The first-order chi connectivity index (χ1) is 7.55. The molecule has 88 valence electrons. The fourth-order valence-corrected chi connectivity index (χ4v) is 1.52. The normalized spacial score (nSPS) is 11.2. The first-order valence-electron chi connectivity index (χ1n) is 5.06. The van der Waals surface area contributed by atoms with Gasteiger partial charge in [-0.05, 0) is 24.1 Å². The summed E-state index contributed by atoms with van der Waals surface area (Å²) in [5, 5.41) is 0. The number of halogens is 2. The molecule has 0 heterocycles. The zero-order valence-corrected chi connectivity index (χ0v) is 9.30. The first-order valence-corrected chi connectivity index (χ1v) is 5.06. The monoisotopic (exact) mass is 228 g/mol. The minimum absolute atomic E-state index is 0.0388. The SMILES string of the molecule is CCCc1ccc(OC)c(C(F)(F)C=O)c1. The molecule has 0 fully saturated rings. The quantitative estimate of drug-likeness (QED) is 0.724. The molecule has 0 aliphatic heterocycles. The van der Waals surface area contributed by atoms with Gasteiger partial charge in [-0.25, -0.2) is 0 Å². The Morgan fingerprint density at radius 1 is 1.44 bits per heavy atom. The summed E-state index contributed by atoms with van der Waals surface area (Å²) in [6, 6.07) is 4.53. The van der Waals surface area contributed by atoms with Gasteiger partial charge in [-0.2, -0.15) is 8.78 Å². The molecule has 0 spiro atoms. The fraction of sp³-hybridized carbons (Fsp3) is 0.417. The van der Waals surface area contributed by atoms with Crippen LogP contribution in [0.25, 0.3) is 0 Å². The van der Waals surface area contributed by atoms with Crippen LogP contribution in [-0.2, 0) is 17.1 Å². The molecule has 1 aromatic carbocycles. The van der Waals surface area contributed by atoms with Crippen LogP contribution >= 0.6 is 0 Å². The van der Waals surface area contributed by atoms with Crippen molar-refractivity contribution in [3.05, 3.63) is 29.3 Å². The van der Waals surface area contributed by atoms with Crippen molar-refractivity contribution in [1.82, 2.24) is 0 Å². The van der Waals surface area contributed by atoms with Gasteiger partial charge in [-0.1, -0.05) is 19.4 Å². The van der Waals surface area contributed by atoms with Gasteiger partial charge in [0.25, 0.3) is 0 Å². The van der Waals surface area contributed by atoms with E-state index >= 15 is 0 Å². The van der Waals surface area contributed by atoms with Crippen LogP contribution in [0.3, 0.4) is 0 Å². The molecule has 0 atom stereocenters. The van der Waals surface area contributed by atoms with E-state index in [2.05, 4.69) is 0 Å². The Labute approximate surface area is 93.2 Å². The highest BCUT2D eigenvalue weighted by atomic mass is 19.3. The molecule has 0 N–H and O–H groups in total. The van der Waals surface area contributed by atoms with Gasteiger partial charge in [-0.15, -0.1) is 0 Å². The average molecular weight is 228 g/mol. The predicted molar refractivity (Wildman–Crippen MR) is 56.9 cm³/mol. The highest BCUT2D eigenvalue weighted by molar-refractivity contribution is 5.66. The molecule has 0 aliphatic carbocycles. The lowest BCUT2D eigenvalue weighted by Gasteiger charge is -2.15. The van der Waals surface area contributed by atoms with Crippen LogP contribution in [0.5, 0.6) is 5.75 Å². The highest BCUT2D eigenvalue weighted by Crippen LogP contribution is 2.34. The minimum Gasteiger partial charge on any atom is -0.496 e. The summed E-state index contributed by atoms with van der Waals surface area (Å²) in [6.45, 7) is 1.96. The number of aryl methyl sites for hydroxylation is 1. The van der Waals surface area contributed by atoms with Crippen LogP contribution in [0.4, 0.5) is 8.78 Å². The Balaban J connectivity index is 3.21. The number of carbonyl (C=O) groups excluding carboxylic acids is 1. The van der Waals surface area contributed by atoms with E-state index in [0.717, 1.165) is 12.0 Å². The Hall–Kier alpha value is -1.45. The average Bonchev–Trinajstić information content (AvgIpc) is 2.29. The van der Waals surface area contributed by atoms with Crippen molar-refractivity contribution in [2.75, 3.05) is 7.11 Å². The summed E-state index contributed by atoms with van der Waals surface area (Å²) in [5.41, 5.74) is 0.413. The van der Waals surface area contributed by atoms with Crippen LogP contribution in [0.1, 0.15) is 24.5 Å². The Morgan fingerprint density at radius 3 is 2.62 bits per heavy atom. The first kappa shape index (κ1) is 12.6. The van der Waals surface area contributed by atoms with E-state index in [0.29, 0.717) is 6.42 Å². The molecule has 0 saturated heterocycles. The van der Waals surface area contributed by atoms with E-state index < -0.39 is 5.92 Å². The zero-order chi connectivity index (χ0) is 12.2. The third kappa shape index (κ3) is 2.56. The van der Waals surface area contributed by atoms with Crippen molar-refractivity contribution in [2.45, 2.75) is 25.7 Å². The number of methoxy groups -OCH3 is 1. The largest absolute Gasteiger partial charge is 0.496 e. The van der Waals surface area contributed by atoms with Crippen LogP contribution < -0.4 is 4.74 Å². The summed E-state index contributed by atoms with van der Waals surface area (Å²) >= 11 is 0. The standard InChI is InChI=1S/C12H14F2O2/c1-3-4-9-5-6-11(16-2)10(7-9)12(13,14)8-15/h5-8H,3-4H2,1-2H3. The number of hydrogen-bond acceptors (Lipinski definition) is 2. The van der Waals surface area contributed by atoms with Gasteiger partial charge >= 0.3 is 5.92 Å². The van der Waals surface area contributed by atoms with Gasteiger partial charge in [0.05, 0.1) is 12.7 Å². The lowest BCUT2D eigenvalue weighted by molar-refractivity contribution is -0.130. The molecule has 0 radical (unpaired) electrons. The lowest BCUT2D eigenvalue weighted by atomic mass is 10.0. The van der Waals surface area contributed by atoms with Crippen molar-refractivity contribution < 1.29 is 18.3 Å². The summed E-state index contributed by atoms with van der Waals surface area (Å²) < 4.78 is 31.4. The molecule has 2 nitrogen and oxygen atoms in total. The van der Waals surface area contributed by atoms with E-state index in [1.165, 1.54) is 19.2 Å². The smallest absolute Gasteiger partial charge is 0.331 e. The van der Waals surface area contributed by atoms with Gasteiger partial charge in [0, 0.05) is 0 Å². The maximum absolute atomic E-state index is 13.3. The van der Waals surface area contributed by atoms with Crippen molar-refractivity contribution in [3.8, 4) is 5.75 Å². The second kappa shape index (κ2) is 5.05. The van der Waals surface area contributed by atoms with Crippen LogP contribution in [0, 0.1) is 0 Å².